The van der Waals surface area contributed by atoms with E-state index in [1.165, 1.54) is 0 Å². The zero-order chi connectivity index (χ0) is 18.8. The van der Waals surface area contributed by atoms with Crippen molar-refractivity contribution in [3.63, 3.8) is 0 Å². The zero-order valence-corrected chi connectivity index (χ0v) is 15.1. The first-order valence-electron chi connectivity index (χ1n) is 9.10. The first kappa shape index (κ1) is 16.3. The van der Waals surface area contributed by atoms with Crippen LogP contribution in [0.2, 0.25) is 0 Å². The summed E-state index contributed by atoms with van der Waals surface area (Å²) in [5, 5.41) is 9.92. The van der Waals surface area contributed by atoms with E-state index in [9.17, 15) is 0 Å². The molecule has 0 aliphatic rings. The summed E-state index contributed by atoms with van der Waals surface area (Å²) in [5.74, 6) is 0.877. The van der Waals surface area contributed by atoms with Crippen LogP contribution in [0.3, 0.4) is 0 Å². The lowest BCUT2D eigenvalue weighted by atomic mass is 10.1. The highest BCUT2D eigenvalue weighted by molar-refractivity contribution is 5.83. The van der Waals surface area contributed by atoms with E-state index in [-0.39, 0.29) is 0 Å². The molecule has 2 aromatic heterocycles. The SMILES string of the molecule is C(=Cc1cnn(-c2ccccc2)n1)c1ccc(-c2cc3ccccc3o2)cc1. The minimum atomic E-state index is 0.810. The van der Waals surface area contributed by atoms with Crippen molar-refractivity contribution in [1.29, 1.82) is 0 Å². The van der Waals surface area contributed by atoms with Gasteiger partial charge in [0.25, 0.3) is 0 Å². The summed E-state index contributed by atoms with van der Waals surface area (Å²) in [6.45, 7) is 0. The molecule has 5 rings (SSSR count). The van der Waals surface area contributed by atoms with Gasteiger partial charge in [-0.2, -0.15) is 9.90 Å². The Balaban J connectivity index is 1.34. The van der Waals surface area contributed by atoms with Crippen molar-refractivity contribution in [2.24, 2.45) is 0 Å². The third-order valence-corrected chi connectivity index (χ3v) is 4.56. The van der Waals surface area contributed by atoms with E-state index in [4.69, 9.17) is 4.42 Å². The Morgan fingerprint density at radius 3 is 2.39 bits per heavy atom. The molecule has 0 radical (unpaired) electrons. The number of nitrogens with zero attached hydrogens (tertiary/aromatic N) is 3. The van der Waals surface area contributed by atoms with Crippen LogP contribution in [0.1, 0.15) is 11.3 Å². The van der Waals surface area contributed by atoms with Crippen molar-refractivity contribution < 1.29 is 4.42 Å². The van der Waals surface area contributed by atoms with E-state index in [1.54, 1.807) is 11.0 Å². The van der Waals surface area contributed by atoms with Gasteiger partial charge in [-0.15, -0.1) is 5.10 Å². The molecule has 0 fully saturated rings. The first-order chi connectivity index (χ1) is 13.8. The summed E-state index contributed by atoms with van der Waals surface area (Å²) < 4.78 is 5.93. The third-order valence-electron chi connectivity index (χ3n) is 4.56. The molecular weight excluding hydrogens is 346 g/mol. The van der Waals surface area contributed by atoms with Gasteiger partial charge in [-0.1, -0.05) is 66.7 Å². The standard InChI is InChI=1S/C24H17N3O/c1-2-7-22(8-3-1)27-25-17-21(26-27)15-12-18-10-13-19(14-11-18)24-16-20-6-4-5-9-23(20)28-24/h1-17H. The van der Waals surface area contributed by atoms with Crippen LogP contribution in [0.4, 0.5) is 0 Å². The molecule has 0 atom stereocenters. The van der Waals surface area contributed by atoms with E-state index < -0.39 is 0 Å². The maximum absolute atomic E-state index is 5.93. The molecule has 0 saturated carbocycles. The number of aromatic nitrogens is 3. The van der Waals surface area contributed by atoms with Crippen LogP contribution in [-0.2, 0) is 0 Å². The molecule has 0 unspecified atom stereocenters. The second kappa shape index (κ2) is 7.00. The largest absolute Gasteiger partial charge is 0.456 e. The van der Waals surface area contributed by atoms with Crippen LogP contribution in [0.15, 0.2) is 95.5 Å². The Bertz CT molecular complexity index is 1220. The van der Waals surface area contributed by atoms with Gasteiger partial charge in [0.2, 0.25) is 0 Å². The molecule has 5 aromatic rings. The molecule has 0 amide bonds. The summed E-state index contributed by atoms with van der Waals surface area (Å²) in [6.07, 6.45) is 5.75. The normalized spacial score (nSPS) is 11.4. The molecule has 134 valence electrons. The number of benzene rings is 3. The predicted octanol–water partition coefficient (Wildman–Crippen LogP) is 5.85. The maximum Gasteiger partial charge on any atom is 0.135 e. The average molecular weight is 363 g/mol. The average Bonchev–Trinajstić information content (AvgIpc) is 3.40. The van der Waals surface area contributed by atoms with E-state index in [0.29, 0.717) is 0 Å². The van der Waals surface area contributed by atoms with Gasteiger partial charge < -0.3 is 4.42 Å². The number of fused-ring (bicyclic) bond motifs is 1. The molecule has 0 spiro atoms. The molecule has 0 saturated heterocycles. The summed E-state index contributed by atoms with van der Waals surface area (Å²) >= 11 is 0. The van der Waals surface area contributed by atoms with Crippen molar-refractivity contribution in [3.05, 3.63) is 102 Å². The van der Waals surface area contributed by atoms with Crippen LogP contribution in [-0.4, -0.2) is 15.0 Å². The summed E-state index contributed by atoms with van der Waals surface area (Å²) in [5.41, 5.74) is 4.81. The molecule has 3 aromatic carbocycles. The molecule has 0 N–H and O–H groups in total. The minimum Gasteiger partial charge on any atom is -0.456 e. The molecule has 4 heteroatoms. The van der Waals surface area contributed by atoms with Crippen LogP contribution in [0.5, 0.6) is 0 Å². The lowest BCUT2D eigenvalue weighted by Crippen LogP contribution is -1.97. The molecule has 4 nitrogen and oxygen atoms in total. The lowest BCUT2D eigenvalue weighted by molar-refractivity contribution is 0.631. The van der Waals surface area contributed by atoms with Crippen LogP contribution >= 0.6 is 0 Å². The van der Waals surface area contributed by atoms with E-state index >= 15 is 0 Å². The zero-order valence-electron chi connectivity index (χ0n) is 15.1. The maximum atomic E-state index is 5.93. The number of furan rings is 1. The van der Waals surface area contributed by atoms with Crippen molar-refractivity contribution in [2.45, 2.75) is 0 Å². The number of rotatable bonds is 4. The smallest absolute Gasteiger partial charge is 0.135 e. The van der Waals surface area contributed by atoms with Crippen molar-refractivity contribution in [1.82, 2.24) is 15.0 Å². The summed E-state index contributed by atoms with van der Waals surface area (Å²) in [4.78, 5) is 1.63. The van der Waals surface area contributed by atoms with Crippen molar-refractivity contribution in [3.8, 4) is 17.0 Å². The topological polar surface area (TPSA) is 43.9 Å². The van der Waals surface area contributed by atoms with Crippen LogP contribution in [0.25, 0.3) is 40.1 Å². The van der Waals surface area contributed by atoms with Crippen LogP contribution in [0, 0.1) is 0 Å². The van der Waals surface area contributed by atoms with Gasteiger partial charge in [0.05, 0.1) is 11.9 Å². The van der Waals surface area contributed by atoms with Gasteiger partial charge in [-0.05, 0) is 35.9 Å². The summed E-state index contributed by atoms with van der Waals surface area (Å²) in [6, 6.07) is 28.3. The molecule has 28 heavy (non-hydrogen) atoms. The fraction of sp³-hybridized carbons (Fsp3) is 0. The Kier molecular flexibility index (Phi) is 4.07. The molecule has 0 aliphatic heterocycles. The number of hydrogen-bond acceptors (Lipinski definition) is 3. The van der Waals surface area contributed by atoms with Gasteiger partial charge >= 0.3 is 0 Å². The fourth-order valence-electron chi connectivity index (χ4n) is 3.10. The molecule has 0 aliphatic carbocycles. The first-order valence-corrected chi connectivity index (χ1v) is 9.10. The summed E-state index contributed by atoms with van der Waals surface area (Å²) in [7, 11) is 0. The highest BCUT2D eigenvalue weighted by Crippen LogP contribution is 2.28. The van der Waals surface area contributed by atoms with Crippen molar-refractivity contribution >= 4 is 23.1 Å². The number of hydrogen-bond donors (Lipinski definition) is 0. The van der Waals surface area contributed by atoms with Gasteiger partial charge in [0, 0.05) is 10.9 Å². The monoisotopic (exact) mass is 363 g/mol. The van der Waals surface area contributed by atoms with Gasteiger partial charge in [0.15, 0.2) is 0 Å². The highest BCUT2D eigenvalue weighted by atomic mass is 16.3. The van der Waals surface area contributed by atoms with E-state index in [1.807, 2.05) is 60.7 Å². The van der Waals surface area contributed by atoms with Crippen LogP contribution < -0.4 is 0 Å². The molecule has 2 heterocycles. The third kappa shape index (κ3) is 3.23. The Morgan fingerprint density at radius 2 is 1.57 bits per heavy atom. The quantitative estimate of drug-likeness (QED) is 0.402. The second-order valence-corrected chi connectivity index (χ2v) is 6.50. The Morgan fingerprint density at radius 1 is 0.786 bits per heavy atom. The van der Waals surface area contributed by atoms with E-state index in [0.717, 1.165) is 39.2 Å². The molecule has 0 bridgehead atoms. The van der Waals surface area contributed by atoms with E-state index in [2.05, 4.69) is 46.6 Å². The van der Waals surface area contributed by atoms with Crippen molar-refractivity contribution in [2.75, 3.05) is 0 Å². The van der Waals surface area contributed by atoms with Gasteiger partial charge in [-0.3, -0.25) is 0 Å². The number of para-hydroxylation sites is 2. The highest BCUT2D eigenvalue weighted by Gasteiger charge is 2.05. The van der Waals surface area contributed by atoms with Gasteiger partial charge in [0.1, 0.15) is 17.0 Å². The second-order valence-electron chi connectivity index (χ2n) is 6.50. The Hall–Kier alpha value is -3.92. The molecular formula is C24H17N3O. The fourth-order valence-corrected chi connectivity index (χ4v) is 3.10. The lowest BCUT2D eigenvalue weighted by Gasteiger charge is -1.98. The minimum absolute atomic E-state index is 0.810. The Labute approximate surface area is 162 Å². The predicted molar refractivity (Wildman–Crippen MR) is 112 cm³/mol. The van der Waals surface area contributed by atoms with Gasteiger partial charge in [-0.25, -0.2) is 0 Å².